The van der Waals surface area contributed by atoms with Crippen molar-refractivity contribution in [1.82, 2.24) is 4.90 Å². The zero-order chi connectivity index (χ0) is 15.0. The Bertz CT molecular complexity index is 441. The van der Waals surface area contributed by atoms with Crippen molar-refractivity contribution in [2.75, 3.05) is 25.0 Å². The second-order valence-electron chi connectivity index (χ2n) is 4.47. The van der Waals surface area contributed by atoms with E-state index >= 15 is 0 Å². The van der Waals surface area contributed by atoms with Crippen molar-refractivity contribution in [2.24, 2.45) is 0 Å². The average Bonchev–Trinajstić information content (AvgIpc) is 2.42. The van der Waals surface area contributed by atoms with Crippen LogP contribution in [0.15, 0.2) is 18.2 Å². The van der Waals surface area contributed by atoms with Crippen LogP contribution in [0.3, 0.4) is 0 Å². The maximum atomic E-state index is 13.4. The topological polar surface area (TPSA) is 52.6 Å². The van der Waals surface area contributed by atoms with Crippen molar-refractivity contribution in [3.8, 4) is 0 Å². The molecule has 1 aromatic rings. The number of anilines is 1. The van der Waals surface area contributed by atoms with Gasteiger partial charge in [-0.25, -0.2) is 13.6 Å². The number of halogens is 2. The quantitative estimate of drug-likeness (QED) is 0.757. The predicted octanol–water partition coefficient (Wildman–Crippen LogP) is 2.98. The summed E-state index contributed by atoms with van der Waals surface area (Å²) >= 11 is 0. The number of nitrogens with zero attached hydrogens (tertiary/aromatic N) is 1. The molecule has 0 unspecified atom stereocenters. The number of hydrogen-bond donors (Lipinski definition) is 2. The molecule has 0 fully saturated rings. The molecule has 6 heteroatoms. The lowest BCUT2D eigenvalue weighted by molar-refractivity contribution is 0.187. The van der Waals surface area contributed by atoms with E-state index < -0.39 is 17.7 Å². The molecule has 0 heterocycles. The van der Waals surface area contributed by atoms with Gasteiger partial charge >= 0.3 is 6.03 Å². The zero-order valence-electron chi connectivity index (χ0n) is 11.5. The molecule has 112 valence electrons. The molecule has 0 aliphatic rings. The summed E-state index contributed by atoms with van der Waals surface area (Å²) in [5.74, 6) is -1.32. The van der Waals surface area contributed by atoms with Crippen molar-refractivity contribution < 1.29 is 18.7 Å². The molecule has 20 heavy (non-hydrogen) atoms. The minimum atomic E-state index is -0.697. The van der Waals surface area contributed by atoms with Gasteiger partial charge in [0.1, 0.15) is 11.6 Å². The van der Waals surface area contributed by atoms with Crippen LogP contribution in [0.1, 0.15) is 26.2 Å². The number of unbranched alkanes of at least 4 members (excludes halogenated alkanes) is 2. The lowest BCUT2D eigenvalue weighted by Crippen LogP contribution is -2.38. The molecule has 0 aliphatic carbocycles. The number of amides is 2. The van der Waals surface area contributed by atoms with Gasteiger partial charge in [0.05, 0.1) is 12.3 Å². The highest BCUT2D eigenvalue weighted by Crippen LogP contribution is 2.16. The van der Waals surface area contributed by atoms with Crippen LogP contribution in [0.25, 0.3) is 0 Å². The van der Waals surface area contributed by atoms with E-state index in [0.717, 1.165) is 37.5 Å². The van der Waals surface area contributed by atoms with Crippen LogP contribution < -0.4 is 5.32 Å². The van der Waals surface area contributed by atoms with Gasteiger partial charge in [0.2, 0.25) is 0 Å². The van der Waals surface area contributed by atoms with E-state index in [1.165, 1.54) is 4.90 Å². The number of aliphatic hydroxyl groups is 1. The molecule has 0 radical (unpaired) electrons. The summed E-state index contributed by atoms with van der Waals surface area (Å²) in [6, 6.07) is 2.33. The molecule has 0 spiro atoms. The van der Waals surface area contributed by atoms with Crippen LogP contribution in [-0.2, 0) is 0 Å². The number of urea groups is 1. The molecule has 0 aliphatic heterocycles. The van der Waals surface area contributed by atoms with E-state index in [1.807, 2.05) is 6.92 Å². The van der Waals surface area contributed by atoms with Gasteiger partial charge < -0.3 is 15.3 Å². The third-order valence-electron chi connectivity index (χ3n) is 2.86. The Labute approximate surface area is 117 Å². The molecule has 4 nitrogen and oxygen atoms in total. The number of benzene rings is 1. The Kier molecular flexibility index (Phi) is 6.93. The number of carbonyl (C=O) groups is 1. The van der Waals surface area contributed by atoms with E-state index in [2.05, 4.69) is 5.32 Å². The molecule has 0 saturated carbocycles. The first-order valence-electron chi connectivity index (χ1n) is 6.70. The largest absolute Gasteiger partial charge is 0.395 e. The minimum absolute atomic E-state index is 0.159. The first kappa shape index (κ1) is 16.4. The van der Waals surface area contributed by atoms with Gasteiger partial charge in [-0.05, 0) is 18.6 Å². The summed E-state index contributed by atoms with van der Waals surface area (Å²) in [5, 5.41) is 11.3. The zero-order valence-corrected chi connectivity index (χ0v) is 11.5. The van der Waals surface area contributed by atoms with Gasteiger partial charge in [-0.3, -0.25) is 0 Å². The second kappa shape index (κ2) is 8.47. The van der Waals surface area contributed by atoms with Crippen molar-refractivity contribution in [3.63, 3.8) is 0 Å². The van der Waals surface area contributed by atoms with Crippen molar-refractivity contribution in [3.05, 3.63) is 29.8 Å². The average molecular weight is 286 g/mol. The first-order chi connectivity index (χ1) is 9.58. The Morgan fingerprint density at radius 3 is 2.70 bits per heavy atom. The molecular formula is C14H20F2N2O2. The van der Waals surface area contributed by atoms with E-state index in [-0.39, 0.29) is 18.8 Å². The highest BCUT2D eigenvalue weighted by molar-refractivity contribution is 5.89. The highest BCUT2D eigenvalue weighted by Gasteiger charge is 2.14. The van der Waals surface area contributed by atoms with Crippen LogP contribution in [0.5, 0.6) is 0 Å². The third kappa shape index (κ3) is 5.13. The summed E-state index contributed by atoms with van der Waals surface area (Å²) in [7, 11) is 0. The maximum absolute atomic E-state index is 13.4. The Morgan fingerprint density at radius 2 is 2.05 bits per heavy atom. The fraction of sp³-hybridized carbons (Fsp3) is 0.500. The van der Waals surface area contributed by atoms with Crippen LogP contribution >= 0.6 is 0 Å². The number of hydrogen-bond acceptors (Lipinski definition) is 2. The number of nitrogens with one attached hydrogen (secondary N) is 1. The van der Waals surface area contributed by atoms with E-state index in [4.69, 9.17) is 5.11 Å². The van der Waals surface area contributed by atoms with Crippen LogP contribution in [-0.4, -0.2) is 35.7 Å². The minimum Gasteiger partial charge on any atom is -0.395 e. The third-order valence-corrected chi connectivity index (χ3v) is 2.86. The van der Waals surface area contributed by atoms with E-state index in [9.17, 15) is 13.6 Å². The summed E-state index contributed by atoms with van der Waals surface area (Å²) in [6.45, 7) is 2.49. The second-order valence-corrected chi connectivity index (χ2v) is 4.47. The van der Waals surface area contributed by atoms with Gasteiger partial charge in [-0.2, -0.15) is 0 Å². The van der Waals surface area contributed by atoms with Crippen LogP contribution in [0.4, 0.5) is 19.3 Å². The monoisotopic (exact) mass is 286 g/mol. The fourth-order valence-corrected chi connectivity index (χ4v) is 1.78. The maximum Gasteiger partial charge on any atom is 0.322 e. The van der Waals surface area contributed by atoms with Crippen molar-refractivity contribution >= 4 is 11.7 Å². The normalized spacial score (nSPS) is 10.4. The van der Waals surface area contributed by atoms with Gasteiger partial charge in [0.25, 0.3) is 0 Å². The smallest absolute Gasteiger partial charge is 0.322 e. The van der Waals surface area contributed by atoms with Gasteiger partial charge in [-0.15, -0.1) is 0 Å². The highest BCUT2D eigenvalue weighted by atomic mass is 19.1. The lowest BCUT2D eigenvalue weighted by Gasteiger charge is -2.22. The molecule has 0 bridgehead atoms. The van der Waals surface area contributed by atoms with Crippen LogP contribution in [0, 0.1) is 11.6 Å². The number of aliphatic hydroxyl groups excluding tert-OH is 1. The standard InChI is InChI=1S/C14H20F2N2O2/c1-2-3-4-7-18(8-9-19)14(20)17-13-10-11(15)5-6-12(13)16/h5-6,10,19H,2-4,7-9H2,1H3,(H,17,20). The number of carbonyl (C=O) groups excluding carboxylic acids is 1. The summed E-state index contributed by atoms with van der Waals surface area (Å²) in [6.07, 6.45) is 2.77. The van der Waals surface area contributed by atoms with Gasteiger partial charge in [-0.1, -0.05) is 19.8 Å². The molecule has 2 N–H and O–H groups in total. The molecular weight excluding hydrogens is 266 g/mol. The molecule has 0 aromatic heterocycles. The SMILES string of the molecule is CCCCCN(CCO)C(=O)Nc1cc(F)ccc1F. The Balaban J connectivity index is 2.67. The van der Waals surface area contributed by atoms with Gasteiger partial charge in [0, 0.05) is 19.2 Å². The lowest BCUT2D eigenvalue weighted by atomic mass is 10.2. The molecule has 0 saturated heterocycles. The predicted molar refractivity (Wildman–Crippen MR) is 73.6 cm³/mol. The van der Waals surface area contributed by atoms with Crippen molar-refractivity contribution in [2.45, 2.75) is 26.2 Å². The molecule has 2 amide bonds. The van der Waals surface area contributed by atoms with Crippen molar-refractivity contribution in [1.29, 1.82) is 0 Å². The van der Waals surface area contributed by atoms with E-state index in [1.54, 1.807) is 0 Å². The molecule has 1 rings (SSSR count). The summed E-state index contributed by atoms with van der Waals surface area (Å²) < 4.78 is 26.5. The Morgan fingerprint density at radius 1 is 1.30 bits per heavy atom. The van der Waals surface area contributed by atoms with E-state index in [0.29, 0.717) is 6.54 Å². The Hall–Kier alpha value is -1.69. The molecule has 0 atom stereocenters. The van der Waals surface area contributed by atoms with Crippen LogP contribution in [0.2, 0.25) is 0 Å². The number of rotatable bonds is 7. The summed E-state index contributed by atoms with van der Waals surface area (Å²) in [4.78, 5) is 13.4. The van der Waals surface area contributed by atoms with Gasteiger partial charge in [0.15, 0.2) is 0 Å². The summed E-state index contributed by atoms with van der Waals surface area (Å²) in [5.41, 5.74) is -0.201. The molecule has 1 aromatic carbocycles. The fourth-order valence-electron chi connectivity index (χ4n) is 1.78. The first-order valence-corrected chi connectivity index (χ1v) is 6.70.